The molecule has 102 valence electrons. The molecule has 1 rings (SSSR count). The topological polar surface area (TPSA) is 0 Å². The first-order chi connectivity index (χ1) is 8.11. The quantitative estimate of drug-likeness (QED) is 0.520. The van der Waals surface area contributed by atoms with E-state index in [0.717, 1.165) is 0 Å². The van der Waals surface area contributed by atoms with E-state index in [0.29, 0.717) is 12.1 Å². The molecular weight excluding hydrogens is 305 g/mol. The molecule has 0 saturated carbocycles. The van der Waals surface area contributed by atoms with Crippen LogP contribution in [-0.4, -0.2) is 0 Å². The zero-order valence-corrected chi connectivity index (χ0v) is 10.1. The average molecular weight is 311 g/mol. The van der Waals surface area contributed by atoms with Gasteiger partial charge in [-0.3, -0.25) is 0 Å². The fourth-order valence-corrected chi connectivity index (χ4v) is 1.88. The maximum atomic E-state index is 12.6. The summed E-state index contributed by atoms with van der Waals surface area (Å²) in [5, 5.41) is 0. The van der Waals surface area contributed by atoms with Crippen molar-refractivity contribution in [3.8, 4) is 0 Å². The average Bonchev–Trinajstić information content (AvgIpc) is 2.24. The summed E-state index contributed by atoms with van der Waals surface area (Å²) >= 11 is 10.5. The Morgan fingerprint density at radius 3 is 1.17 bits per heavy atom. The van der Waals surface area contributed by atoms with Crippen molar-refractivity contribution in [3.63, 3.8) is 0 Å². The van der Waals surface area contributed by atoms with Gasteiger partial charge in [-0.25, -0.2) is 0 Å². The van der Waals surface area contributed by atoms with E-state index in [9.17, 15) is 26.3 Å². The first-order valence-electron chi connectivity index (χ1n) is 4.53. The molecule has 0 bridgehead atoms. The van der Waals surface area contributed by atoms with Crippen LogP contribution in [0.2, 0.25) is 0 Å². The van der Waals surface area contributed by atoms with Crippen LogP contribution in [-0.2, 0) is 24.1 Å². The Labute approximate surface area is 108 Å². The van der Waals surface area contributed by atoms with E-state index in [1.54, 1.807) is 0 Å². The monoisotopic (exact) mass is 310 g/mol. The summed E-state index contributed by atoms with van der Waals surface area (Å²) in [5.74, 6) is -1.33. The molecular formula is C10H6Cl2F6. The van der Waals surface area contributed by atoms with E-state index in [-0.39, 0.29) is 0 Å². The summed E-state index contributed by atoms with van der Waals surface area (Å²) < 4.78 is 75.6. The summed E-state index contributed by atoms with van der Waals surface area (Å²) in [5.41, 5.74) is -3.63. The minimum atomic E-state index is -4.77. The Morgan fingerprint density at radius 1 is 0.722 bits per heavy atom. The summed E-state index contributed by atoms with van der Waals surface area (Å²) in [6.45, 7) is 0. The number of benzene rings is 1. The Bertz CT molecular complexity index is 393. The molecule has 0 amide bonds. The highest BCUT2D eigenvalue weighted by molar-refractivity contribution is 6.17. The molecule has 18 heavy (non-hydrogen) atoms. The van der Waals surface area contributed by atoms with Crippen molar-refractivity contribution in [1.29, 1.82) is 0 Å². The van der Waals surface area contributed by atoms with Crippen LogP contribution in [0.4, 0.5) is 26.3 Å². The van der Waals surface area contributed by atoms with E-state index < -0.39 is 46.4 Å². The van der Waals surface area contributed by atoms with Gasteiger partial charge in [-0.1, -0.05) is 0 Å². The van der Waals surface area contributed by atoms with E-state index in [1.165, 1.54) is 0 Å². The molecule has 0 spiro atoms. The molecule has 0 saturated heterocycles. The maximum Gasteiger partial charge on any atom is 0.416 e. The van der Waals surface area contributed by atoms with Crippen LogP contribution in [0.25, 0.3) is 0 Å². The van der Waals surface area contributed by atoms with Crippen molar-refractivity contribution in [2.45, 2.75) is 24.1 Å². The highest BCUT2D eigenvalue weighted by atomic mass is 35.5. The summed E-state index contributed by atoms with van der Waals surface area (Å²) in [7, 11) is 0. The fraction of sp³-hybridized carbons (Fsp3) is 0.400. The third-order valence-electron chi connectivity index (χ3n) is 2.23. The lowest BCUT2D eigenvalue weighted by Gasteiger charge is -2.17. The lowest BCUT2D eigenvalue weighted by atomic mass is 9.99. The fourth-order valence-electron chi connectivity index (χ4n) is 1.44. The smallest absolute Gasteiger partial charge is 0.166 e. The van der Waals surface area contributed by atoms with Crippen molar-refractivity contribution < 1.29 is 26.3 Å². The van der Waals surface area contributed by atoms with Gasteiger partial charge in [0, 0.05) is 11.8 Å². The third-order valence-corrected chi connectivity index (χ3v) is 2.80. The van der Waals surface area contributed by atoms with Gasteiger partial charge in [-0.2, -0.15) is 26.3 Å². The minimum absolute atomic E-state index is 0.396. The van der Waals surface area contributed by atoms with E-state index in [4.69, 9.17) is 23.2 Å². The van der Waals surface area contributed by atoms with Gasteiger partial charge < -0.3 is 0 Å². The van der Waals surface area contributed by atoms with Crippen LogP contribution in [0.3, 0.4) is 0 Å². The molecule has 0 fully saturated rings. The predicted octanol–water partition coefficient (Wildman–Crippen LogP) is 5.20. The van der Waals surface area contributed by atoms with Crippen molar-refractivity contribution in [2.24, 2.45) is 0 Å². The molecule has 0 N–H and O–H groups in total. The van der Waals surface area contributed by atoms with Gasteiger partial charge in [0.05, 0.1) is 11.1 Å². The van der Waals surface area contributed by atoms with Crippen LogP contribution in [0.1, 0.15) is 22.3 Å². The van der Waals surface area contributed by atoms with Crippen LogP contribution >= 0.6 is 23.2 Å². The first-order valence-corrected chi connectivity index (χ1v) is 5.60. The van der Waals surface area contributed by atoms with Crippen LogP contribution in [0.5, 0.6) is 0 Å². The number of halogens is 8. The van der Waals surface area contributed by atoms with Gasteiger partial charge in [0.2, 0.25) is 0 Å². The van der Waals surface area contributed by atoms with Gasteiger partial charge in [0.1, 0.15) is 0 Å². The SMILES string of the molecule is FC(F)(F)c1cc(CCl)c(C(F)(F)F)cc1CCl. The normalized spacial score (nSPS) is 12.9. The molecule has 0 aliphatic heterocycles. The molecule has 0 nitrogen and oxygen atoms in total. The summed E-state index contributed by atoms with van der Waals surface area (Å²) in [6.07, 6.45) is -9.54. The molecule has 0 aliphatic carbocycles. The largest absolute Gasteiger partial charge is 0.416 e. The molecule has 1 aromatic rings. The molecule has 1 aromatic carbocycles. The number of hydrogen-bond donors (Lipinski definition) is 0. The van der Waals surface area contributed by atoms with E-state index >= 15 is 0 Å². The summed E-state index contributed by atoms with van der Waals surface area (Å²) in [4.78, 5) is 0. The molecule has 0 aromatic heterocycles. The highest BCUT2D eigenvalue weighted by Crippen LogP contribution is 2.39. The molecule has 0 radical (unpaired) electrons. The Hall–Kier alpha value is -0.620. The molecule has 0 heterocycles. The van der Waals surface area contributed by atoms with Gasteiger partial charge in [-0.15, -0.1) is 23.2 Å². The van der Waals surface area contributed by atoms with Gasteiger partial charge in [-0.05, 0) is 23.3 Å². The van der Waals surface area contributed by atoms with Crippen molar-refractivity contribution >= 4 is 23.2 Å². The van der Waals surface area contributed by atoms with Gasteiger partial charge >= 0.3 is 12.4 Å². The van der Waals surface area contributed by atoms with Crippen LogP contribution < -0.4 is 0 Å². The van der Waals surface area contributed by atoms with E-state index in [2.05, 4.69) is 0 Å². The zero-order chi connectivity index (χ0) is 14.1. The third kappa shape index (κ3) is 3.23. The second kappa shape index (κ2) is 5.17. The lowest BCUT2D eigenvalue weighted by Crippen LogP contribution is -2.15. The lowest BCUT2D eigenvalue weighted by molar-refractivity contribution is -0.142. The van der Waals surface area contributed by atoms with Gasteiger partial charge in [0.15, 0.2) is 0 Å². The molecule has 0 aliphatic rings. The second-order valence-corrected chi connectivity index (χ2v) is 3.96. The zero-order valence-electron chi connectivity index (χ0n) is 8.59. The second-order valence-electron chi connectivity index (χ2n) is 3.43. The number of rotatable bonds is 2. The highest BCUT2D eigenvalue weighted by Gasteiger charge is 2.38. The maximum absolute atomic E-state index is 12.6. The number of hydrogen-bond acceptors (Lipinski definition) is 0. The van der Waals surface area contributed by atoms with Crippen LogP contribution in [0.15, 0.2) is 12.1 Å². The van der Waals surface area contributed by atoms with Crippen molar-refractivity contribution in [3.05, 3.63) is 34.4 Å². The molecule has 0 unspecified atom stereocenters. The summed E-state index contributed by atoms with van der Waals surface area (Å²) in [6, 6.07) is 0.793. The van der Waals surface area contributed by atoms with Crippen molar-refractivity contribution in [2.75, 3.05) is 0 Å². The van der Waals surface area contributed by atoms with E-state index in [1.807, 2.05) is 0 Å². The Balaban J connectivity index is 3.52. The van der Waals surface area contributed by atoms with Crippen LogP contribution in [0, 0.1) is 0 Å². The Morgan fingerprint density at radius 2 is 1.00 bits per heavy atom. The standard InChI is InChI=1S/C10H6Cl2F6/c11-3-5-1-7(9(13,14)15)6(4-12)2-8(5)10(16,17)18/h1-2H,3-4H2. The minimum Gasteiger partial charge on any atom is -0.166 e. The number of alkyl halides is 8. The van der Waals surface area contributed by atoms with Gasteiger partial charge in [0.25, 0.3) is 0 Å². The first kappa shape index (κ1) is 15.4. The molecule has 8 heteroatoms. The molecule has 0 atom stereocenters. The van der Waals surface area contributed by atoms with Crippen molar-refractivity contribution in [1.82, 2.24) is 0 Å². The predicted molar refractivity (Wildman–Crippen MR) is 55.6 cm³/mol. The Kier molecular flexibility index (Phi) is 4.43.